The Morgan fingerprint density at radius 3 is 2.85 bits per heavy atom. The number of nitrogen functional groups attached to an aromatic ring is 1. The average molecular weight is 273 g/mol. The Labute approximate surface area is 120 Å². The lowest BCUT2D eigenvalue weighted by molar-refractivity contribution is -0.120. The Morgan fingerprint density at radius 1 is 1.30 bits per heavy atom. The Balaban J connectivity index is 1.42. The first kappa shape index (κ1) is 13.4. The quantitative estimate of drug-likeness (QED) is 0.798. The number of para-hydroxylation sites is 1. The lowest BCUT2D eigenvalue weighted by Crippen LogP contribution is -2.32. The van der Waals surface area contributed by atoms with Gasteiger partial charge in [-0.15, -0.1) is 0 Å². The number of benzene rings is 1. The van der Waals surface area contributed by atoms with Gasteiger partial charge in [0.1, 0.15) is 0 Å². The van der Waals surface area contributed by atoms with E-state index in [4.69, 9.17) is 5.73 Å². The molecule has 3 rings (SSSR count). The lowest BCUT2D eigenvalue weighted by atomic mass is 10.1. The number of amides is 1. The van der Waals surface area contributed by atoms with Gasteiger partial charge >= 0.3 is 0 Å². The number of rotatable bonds is 5. The Kier molecular flexibility index (Phi) is 3.92. The van der Waals surface area contributed by atoms with Crippen molar-refractivity contribution < 1.29 is 4.79 Å². The molecule has 0 aromatic heterocycles. The summed E-state index contributed by atoms with van der Waals surface area (Å²) in [6.07, 6.45) is 4.33. The van der Waals surface area contributed by atoms with Gasteiger partial charge in [-0.05, 0) is 43.4 Å². The van der Waals surface area contributed by atoms with Gasteiger partial charge in [-0.3, -0.25) is 4.79 Å². The first-order chi connectivity index (χ1) is 9.72. The van der Waals surface area contributed by atoms with Crippen molar-refractivity contribution in [3.8, 4) is 0 Å². The van der Waals surface area contributed by atoms with Crippen molar-refractivity contribution in [2.24, 2.45) is 5.92 Å². The molecule has 3 N–H and O–H groups in total. The third-order valence-electron chi connectivity index (χ3n) is 4.37. The minimum atomic E-state index is 0.0766. The van der Waals surface area contributed by atoms with E-state index in [1.807, 2.05) is 24.3 Å². The van der Waals surface area contributed by atoms with Crippen LogP contribution in [-0.4, -0.2) is 36.5 Å². The zero-order valence-corrected chi connectivity index (χ0v) is 11.8. The molecule has 1 aliphatic heterocycles. The number of anilines is 1. The lowest BCUT2D eigenvalue weighted by Gasteiger charge is -2.15. The van der Waals surface area contributed by atoms with Crippen LogP contribution >= 0.6 is 0 Å². The number of carbonyl (C=O) groups is 1. The van der Waals surface area contributed by atoms with E-state index >= 15 is 0 Å². The summed E-state index contributed by atoms with van der Waals surface area (Å²) in [5.41, 5.74) is 7.47. The smallest absolute Gasteiger partial charge is 0.224 e. The number of nitrogens with two attached hydrogens (primary N) is 1. The molecule has 1 atom stereocenters. The van der Waals surface area contributed by atoms with E-state index in [9.17, 15) is 4.79 Å². The van der Waals surface area contributed by atoms with Crippen LogP contribution < -0.4 is 11.1 Å². The summed E-state index contributed by atoms with van der Waals surface area (Å²) in [4.78, 5) is 14.5. The summed E-state index contributed by atoms with van der Waals surface area (Å²) in [5, 5.41) is 3.06. The topological polar surface area (TPSA) is 58.4 Å². The highest BCUT2D eigenvalue weighted by molar-refractivity contribution is 5.80. The molecule has 2 fully saturated rings. The molecule has 1 aliphatic carbocycles. The van der Waals surface area contributed by atoms with Crippen molar-refractivity contribution in [2.45, 2.75) is 31.7 Å². The van der Waals surface area contributed by atoms with E-state index in [0.717, 1.165) is 24.7 Å². The monoisotopic (exact) mass is 273 g/mol. The van der Waals surface area contributed by atoms with Gasteiger partial charge in [0.2, 0.25) is 5.91 Å². The molecule has 0 bridgehead atoms. The first-order valence-electron chi connectivity index (χ1n) is 7.56. The Morgan fingerprint density at radius 2 is 2.10 bits per heavy atom. The van der Waals surface area contributed by atoms with Crippen molar-refractivity contribution in [3.63, 3.8) is 0 Å². The van der Waals surface area contributed by atoms with Gasteiger partial charge in [-0.25, -0.2) is 0 Å². The normalized spacial score (nSPS) is 22.9. The van der Waals surface area contributed by atoms with Crippen molar-refractivity contribution in [1.29, 1.82) is 0 Å². The predicted molar refractivity (Wildman–Crippen MR) is 80.3 cm³/mol. The van der Waals surface area contributed by atoms with Gasteiger partial charge in [-0.2, -0.15) is 0 Å². The molecule has 1 aromatic rings. The molecule has 1 saturated heterocycles. The molecule has 4 heteroatoms. The molecule has 1 unspecified atom stereocenters. The predicted octanol–water partition coefficient (Wildman–Crippen LogP) is 1.41. The van der Waals surface area contributed by atoms with Crippen LogP contribution in [0.1, 0.15) is 24.8 Å². The molecule has 4 nitrogen and oxygen atoms in total. The molecule has 1 amide bonds. The fourth-order valence-corrected chi connectivity index (χ4v) is 2.99. The second-order valence-electron chi connectivity index (χ2n) is 6.06. The van der Waals surface area contributed by atoms with Crippen LogP contribution in [-0.2, 0) is 11.2 Å². The standard InChI is InChI=1S/C16H23N3O/c17-15-4-2-1-3-13(15)9-16(20)18-10-12-7-8-19(11-12)14-5-6-14/h1-4,12,14H,5-11,17H2,(H,18,20). The minimum absolute atomic E-state index is 0.0766. The maximum absolute atomic E-state index is 12.0. The number of nitrogens with one attached hydrogen (secondary N) is 1. The van der Waals surface area contributed by atoms with E-state index in [-0.39, 0.29) is 5.91 Å². The number of hydrogen-bond donors (Lipinski definition) is 2. The van der Waals surface area contributed by atoms with Crippen LogP contribution in [0.4, 0.5) is 5.69 Å². The maximum Gasteiger partial charge on any atom is 0.224 e. The van der Waals surface area contributed by atoms with E-state index in [2.05, 4.69) is 10.2 Å². The molecule has 1 aromatic carbocycles. The van der Waals surface area contributed by atoms with E-state index < -0.39 is 0 Å². The van der Waals surface area contributed by atoms with Crippen LogP contribution in [0.5, 0.6) is 0 Å². The molecule has 1 saturated carbocycles. The summed E-state index contributed by atoms with van der Waals surface area (Å²) < 4.78 is 0. The summed E-state index contributed by atoms with van der Waals surface area (Å²) in [7, 11) is 0. The fraction of sp³-hybridized carbons (Fsp3) is 0.562. The molecule has 108 valence electrons. The molecule has 0 radical (unpaired) electrons. The van der Waals surface area contributed by atoms with Crippen LogP contribution in [0, 0.1) is 5.92 Å². The van der Waals surface area contributed by atoms with Gasteiger partial charge < -0.3 is 16.0 Å². The first-order valence-corrected chi connectivity index (χ1v) is 7.56. The molecule has 2 aliphatic rings. The van der Waals surface area contributed by atoms with Gasteiger partial charge in [0.05, 0.1) is 6.42 Å². The summed E-state index contributed by atoms with van der Waals surface area (Å²) in [5.74, 6) is 0.695. The molecular weight excluding hydrogens is 250 g/mol. The Bertz CT molecular complexity index is 484. The van der Waals surface area contributed by atoms with E-state index in [1.165, 1.54) is 25.8 Å². The van der Waals surface area contributed by atoms with Crippen LogP contribution in [0.15, 0.2) is 24.3 Å². The summed E-state index contributed by atoms with van der Waals surface area (Å²) in [6.45, 7) is 3.16. The zero-order chi connectivity index (χ0) is 13.9. The van der Waals surface area contributed by atoms with Gasteiger partial charge in [0.15, 0.2) is 0 Å². The second-order valence-corrected chi connectivity index (χ2v) is 6.06. The van der Waals surface area contributed by atoms with Crippen molar-refractivity contribution in [3.05, 3.63) is 29.8 Å². The highest BCUT2D eigenvalue weighted by Gasteiger charge is 2.34. The van der Waals surface area contributed by atoms with Gasteiger partial charge in [0.25, 0.3) is 0 Å². The van der Waals surface area contributed by atoms with Crippen molar-refractivity contribution in [1.82, 2.24) is 10.2 Å². The highest BCUT2D eigenvalue weighted by atomic mass is 16.1. The third kappa shape index (κ3) is 3.31. The molecule has 20 heavy (non-hydrogen) atoms. The average Bonchev–Trinajstić information content (AvgIpc) is 3.18. The van der Waals surface area contributed by atoms with Crippen molar-refractivity contribution in [2.75, 3.05) is 25.4 Å². The summed E-state index contributed by atoms with van der Waals surface area (Å²) >= 11 is 0. The summed E-state index contributed by atoms with van der Waals surface area (Å²) in [6, 6.07) is 8.41. The maximum atomic E-state index is 12.0. The van der Waals surface area contributed by atoms with Gasteiger partial charge in [0, 0.05) is 24.8 Å². The molecule has 1 heterocycles. The van der Waals surface area contributed by atoms with E-state index in [0.29, 0.717) is 18.0 Å². The fourth-order valence-electron chi connectivity index (χ4n) is 2.99. The van der Waals surface area contributed by atoms with Crippen LogP contribution in [0.25, 0.3) is 0 Å². The second kappa shape index (κ2) is 5.83. The zero-order valence-electron chi connectivity index (χ0n) is 11.8. The number of likely N-dealkylation sites (tertiary alicyclic amines) is 1. The minimum Gasteiger partial charge on any atom is -0.398 e. The Hall–Kier alpha value is -1.55. The van der Waals surface area contributed by atoms with E-state index in [1.54, 1.807) is 0 Å². The van der Waals surface area contributed by atoms with Crippen molar-refractivity contribution >= 4 is 11.6 Å². The molecular formula is C16H23N3O. The third-order valence-corrected chi connectivity index (χ3v) is 4.37. The highest BCUT2D eigenvalue weighted by Crippen LogP contribution is 2.31. The number of carbonyl (C=O) groups excluding carboxylic acids is 1. The largest absolute Gasteiger partial charge is 0.398 e. The number of hydrogen-bond acceptors (Lipinski definition) is 3. The SMILES string of the molecule is Nc1ccccc1CC(=O)NCC1CCN(C2CC2)C1. The number of nitrogens with zero attached hydrogens (tertiary/aromatic N) is 1. The molecule has 0 spiro atoms. The van der Waals surface area contributed by atoms with Crippen LogP contribution in [0.3, 0.4) is 0 Å². The van der Waals surface area contributed by atoms with Gasteiger partial charge in [-0.1, -0.05) is 18.2 Å². The van der Waals surface area contributed by atoms with Crippen LogP contribution in [0.2, 0.25) is 0 Å².